The first kappa shape index (κ1) is 16.5. The maximum Gasteiger partial charge on any atom is 0.261 e. The largest absolute Gasteiger partial charge is 0.481 e. The number of carbonyl (C=O) groups is 1. The summed E-state index contributed by atoms with van der Waals surface area (Å²) in [7, 11) is 2.05. The van der Waals surface area contributed by atoms with E-state index in [1.807, 2.05) is 42.3 Å². The molecule has 2 aromatic rings. The Bertz CT molecular complexity index is 693. The molecule has 0 N–H and O–H groups in total. The van der Waals surface area contributed by atoms with Crippen molar-refractivity contribution < 1.29 is 13.9 Å². The zero-order chi connectivity index (χ0) is 16.9. The van der Waals surface area contributed by atoms with Crippen LogP contribution in [0.5, 0.6) is 5.75 Å². The highest BCUT2D eigenvalue weighted by Gasteiger charge is 2.30. The van der Waals surface area contributed by atoms with Crippen molar-refractivity contribution in [1.82, 2.24) is 9.80 Å². The van der Waals surface area contributed by atoms with Crippen LogP contribution in [-0.4, -0.2) is 49.0 Å². The van der Waals surface area contributed by atoms with E-state index in [0.29, 0.717) is 6.54 Å². The van der Waals surface area contributed by atoms with Crippen LogP contribution >= 0.6 is 0 Å². The standard InChI is InChI=1S/C19H21FN2O2/c1-21-11-12-22(17(13-21)15-7-3-2-4-8-15)19(23)14-24-18-10-6-5-9-16(18)20/h2-10,17H,11-14H2,1H3. The topological polar surface area (TPSA) is 32.8 Å². The van der Waals surface area contributed by atoms with E-state index < -0.39 is 5.82 Å². The molecule has 1 amide bonds. The zero-order valence-corrected chi connectivity index (χ0v) is 13.7. The fraction of sp³-hybridized carbons (Fsp3) is 0.316. The second-order valence-electron chi connectivity index (χ2n) is 5.99. The Hall–Kier alpha value is -2.40. The highest BCUT2D eigenvalue weighted by Crippen LogP contribution is 2.25. The van der Waals surface area contributed by atoms with E-state index in [4.69, 9.17) is 4.74 Å². The lowest BCUT2D eigenvalue weighted by atomic mass is 10.0. The van der Waals surface area contributed by atoms with Crippen molar-refractivity contribution in [2.45, 2.75) is 6.04 Å². The molecule has 0 saturated carbocycles. The Morgan fingerprint density at radius 1 is 1.12 bits per heavy atom. The number of carbonyl (C=O) groups excluding carboxylic acids is 1. The van der Waals surface area contributed by atoms with E-state index in [1.54, 1.807) is 12.1 Å². The molecule has 24 heavy (non-hydrogen) atoms. The molecule has 1 aliphatic heterocycles. The lowest BCUT2D eigenvalue weighted by Crippen LogP contribution is -2.50. The number of hydrogen-bond acceptors (Lipinski definition) is 3. The quantitative estimate of drug-likeness (QED) is 0.865. The highest BCUT2D eigenvalue weighted by atomic mass is 19.1. The first-order valence-corrected chi connectivity index (χ1v) is 8.05. The molecule has 1 atom stereocenters. The summed E-state index contributed by atoms with van der Waals surface area (Å²) in [5.74, 6) is -0.472. The molecule has 1 saturated heterocycles. The zero-order valence-electron chi connectivity index (χ0n) is 13.7. The number of amides is 1. The molecular weight excluding hydrogens is 307 g/mol. The monoisotopic (exact) mass is 328 g/mol. The minimum absolute atomic E-state index is 0.0123. The van der Waals surface area contributed by atoms with Gasteiger partial charge < -0.3 is 14.5 Å². The van der Waals surface area contributed by atoms with Crippen molar-refractivity contribution in [3.8, 4) is 5.75 Å². The Kier molecular flexibility index (Phi) is 5.11. The van der Waals surface area contributed by atoms with Crippen LogP contribution in [0, 0.1) is 5.82 Å². The predicted molar refractivity (Wildman–Crippen MR) is 90.3 cm³/mol. The number of hydrogen-bond donors (Lipinski definition) is 0. The summed E-state index contributed by atoms with van der Waals surface area (Å²) in [4.78, 5) is 16.7. The van der Waals surface area contributed by atoms with Gasteiger partial charge in [-0.15, -0.1) is 0 Å². The van der Waals surface area contributed by atoms with Gasteiger partial charge >= 0.3 is 0 Å². The van der Waals surface area contributed by atoms with Gasteiger partial charge in [-0.3, -0.25) is 4.79 Å². The van der Waals surface area contributed by atoms with Gasteiger partial charge in [0.25, 0.3) is 5.91 Å². The molecule has 0 radical (unpaired) electrons. The van der Waals surface area contributed by atoms with Crippen LogP contribution in [0.2, 0.25) is 0 Å². The van der Waals surface area contributed by atoms with E-state index in [1.165, 1.54) is 12.1 Å². The molecule has 2 aromatic carbocycles. The van der Waals surface area contributed by atoms with Gasteiger partial charge in [-0.05, 0) is 24.7 Å². The smallest absolute Gasteiger partial charge is 0.261 e. The minimum atomic E-state index is -0.455. The van der Waals surface area contributed by atoms with Gasteiger partial charge in [0, 0.05) is 19.6 Å². The Balaban J connectivity index is 1.71. The van der Waals surface area contributed by atoms with Gasteiger partial charge in [-0.2, -0.15) is 0 Å². The second-order valence-corrected chi connectivity index (χ2v) is 5.99. The summed E-state index contributed by atoms with van der Waals surface area (Å²) in [6, 6.07) is 16.1. The molecule has 0 aliphatic carbocycles. The van der Waals surface area contributed by atoms with Crippen LogP contribution in [0.15, 0.2) is 54.6 Å². The fourth-order valence-corrected chi connectivity index (χ4v) is 2.96. The fourth-order valence-electron chi connectivity index (χ4n) is 2.96. The van der Waals surface area contributed by atoms with Crippen LogP contribution in [0.3, 0.4) is 0 Å². The summed E-state index contributed by atoms with van der Waals surface area (Å²) >= 11 is 0. The van der Waals surface area contributed by atoms with Gasteiger partial charge in [0.1, 0.15) is 0 Å². The van der Waals surface area contributed by atoms with Crippen LogP contribution < -0.4 is 4.74 Å². The first-order valence-electron chi connectivity index (χ1n) is 8.05. The van der Waals surface area contributed by atoms with Gasteiger partial charge in [-0.25, -0.2) is 4.39 Å². The normalized spacial score (nSPS) is 18.4. The van der Waals surface area contributed by atoms with Crippen LogP contribution in [-0.2, 0) is 4.79 Å². The predicted octanol–water partition coefficient (Wildman–Crippen LogP) is 2.72. The van der Waals surface area contributed by atoms with Crippen molar-refractivity contribution in [3.05, 3.63) is 66.0 Å². The number of para-hydroxylation sites is 1. The molecule has 5 heteroatoms. The van der Waals surface area contributed by atoms with Crippen LogP contribution in [0.4, 0.5) is 4.39 Å². The maximum atomic E-state index is 13.6. The van der Waals surface area contributed by atoms with Gasteiger partial charge in [0.2, 0.25) is 0 Å². The van der Waals surface area contributed by atoms with Crippen LogP contribution in [0.1, 0.15) is 11.6 Å². The third kappa shape index (κ3) is 3.74. The van der Waals surface area contributed by atoms with Crippen LogP contribution in [0.25, 0.3) is 0 Å². The molecule has 0 spiro atoms. The first-order chi connectivity index (χ1) is 11.6. The molecular formula is C19H21FN2O2. The number of piperazine rings is 1. The molecule has 4 nitrogen and oxygen atoms in total. The molecule has 126 valence electrons. The molecule has 0 aromatic heterocycles. The summed E-state index contributed by atoms with van der Waals surface area (Å²) in [6.45, 7) is 2.06. The average Bonchev–Trinajstić information content (AvgIpc) is 2.61. The molecule has 1 fully saturated rings. The number of likely N-dealkylation sites (N-methyl/N-ethyl adjacent to an activating group) is 1. The average molecular weight is 328 g/mol. The molecule has 1 aliphatic rings. The summed E-state index contributed by atoms with van der Waals surface area (Å²) in [5.41, 5.74) is 1.10. The van der Waals surface area contributed by atoms with E-state index in [2.05, 4.69) is 4.90 Å². The lowest BCUT2D eigenvalue weighted by molar-refractivity contribution is -0.138. The Morgan fingerprint density at radius 3 is 2.58 bits per heavy atom. The lowest BCUT2D eigenvalue weighted by Gasteiger charge is -2.40. The van der Waals surface area contributed by atoms with Crippen molar-refractivity contribution >= 4 is 5.91 Å². The number of rotatable bonds is 4. The van der Waals surface area contributed by atoms with E-state index in [9.17, 15) is 9.18 Å². The Labute approximate surface area is 141 Å². The second kappa shape index (κ2) is 7.45. The molecule has 1 heterocycles. The SMILES string of the molecule is CN1CCN(C(=O)COc2ccccc2F)C(c2ccccc2)C1. The van der Waals surface area contributed by atoms with Gasteiger partial charge in [-0.1, -0.05) is 42.5 Å². The third-order valence-corrected chi connectivity index (χ3v) is 4.28. The maximum absolute atomic E-state index is 13.6. The van der Waals surface area contributed by atoms with Gasteiger partial charge in [0.15, 0.2) is 18.2 Å². The molecule has 0 bridgehead atoms. The highest BCUT2D eigenvalue weighted by molar-refractivity contribution is 5.78. The third-order valence-electron chi connectivity index (χ3n) is 4.28. The number of nitrogens with zero attached hydrogens (tertiary/aromatic N) is 2. The molecule has 3 rings (SSSR count). The molecule has 1 unspecified atom stereocenters. The number of ether oxygens (including phenoxy) is 1. The van der Waals surface area contributed by atoms with Crippen molar-refractivity contribution in [2.75, 3.05) is 33.3 Å². The minimum Gasteiger partial charge on any atom is -0.481 e. The van der Waals surface area contributed by atoms with Crippen molar-refractivity contribution in [3.63, 3.8) is 0 Å². The van der Waals surface area contributed by atoms with E-state index in [-0.39, 0.29) is 24.3 Å². The van der Waals surface area contributed by atoms with E-state index in [0.717, 1.165) is 18.7 Å². The van der Waals surface area contributed by atoms with Crippen molar-refractivity contribution in [2.24, 2.45) is 0 Å². The Morgan fingerprint density at radius 2 is 1.83 bits per heavy atom. The number of benzene rings is 2. The van der Waals surface area contributed by atoms with Gasteiger partial charge in [0.05, 0.1) is 6.04 Å². The number of halogens is 1. The van der Waals surface area contributed by atoms with Crippen molar-refractivity contribution in [1.29, 1.82) is 0 Å². The summed E-state index contributed by atoms with van der Waals surface area (Å²) < 4.78 is 19.0. The summed E-state index contributed by atoms with van der Waals surface area (Å²) in [5, 5.41) is 0. The summed E-state index contributed by atoms with van der Waals surface area (Å²) in [6.07, 6.45) is 0. The van der Waals surface area contributed by atoms with E-state index >= 15 is 0 Å².